The molecule has 0 unspecified atom stereocenters. The third kappa shape index (κ3) is 4.35. The highest BCUT2D eigenvalue weighted by Crippen LogP contribution is 2.19. The molecule has 0 aliphatic heterocycles. The first-order valence-corrected chi connectivity index (χ1v) is 8.10. The molecule has 2 aromatic heterocycles. The minimum absolute atomic E-state index is 0.255. The number of nitrogens with zero attached hydrogens (tertiary/aromatic N) is 3. The van der Waals surface area contributed by atoms with Gasteiger partial charge in [0.05, 0.1) is 0 Å². The molecule has 0 aliphatic rings. The lowest BCUT2D eigenvalue weighted by atomic mass is 10.1. The van der Waals surface area contributed by atoms with Gasteiger partial charge in [-0.1, -0.05) is 44.9 Å². The summed E-state index contributed by atoms with van der Waals surface area (Å²) in [4.78, 5) is 12.1. The van der Waals surface area contributed by atoms with Crippen LogP contribution < -0.4 is 5.32 Å². The lowest BCUT2D eigenvalue weighted by Gasteiger charge is -1.97. The Hall–Kier alpha value is -1.76. The van der Waals surface area contributed by atoms with Crippen molar-refractivity contribution < 1.29 is 4.79 Å². The average Bonchev–Trinajstić information content (AvgIpc) is 3.08. The predicted octanol–water partition coefficient (Wildman–Crippen LogP) is 3.37. The molecule has 0 radical (unpaired) electrons. The van der Waals surface area contributed by atoms with Gasteiger partial charge < -0.3 is 0 Å². The summed E-state index contributed by atoms with van der Waals surface area (Å²) in [6, 6.07) is 1.77. The number of aromatic nitrogens is 4. The molecule has 0 bridgehead atoms. The van der Waals surface area contributed by atoms with E-state index in [0.29, 0.717) is 16.7 Å². The van der Waals surface area contributed by atoms with Crippen LogP contribution in [0, 0.1) is 0 Å². The summed E-state index contributed by atoms with van der Waals surface area (Å²) < 4.78 is 0. The SMILES string of the molecule is CCCCCc1nnc(NC(=O)c2cc(C(C)C)[nH]n2)s1. The summed E-state index contributed by atoms with van der Waals surface area (Å²) >= 11 is 1.43. The number of nitrogens with one attached hydrogen (secondary N) is 2. The molecule has 114 valence electrons. The molecule has 21 heavy (non-hydrogen) atoms. The number of anilines is 1. The fraction of sp³-hybridized carbons (Fsp3) is 0.571. The molecule has 6 nitrogen and oxygen atoms in total. The molecule has 0 aromatic carbocycles. The van der Waals surface area contributed by atoms with Crippen molar-refractivity contribution in [3.8, 4) is 0 Å². The summed E-state index contributed by atoms with van der Waals surface area (Å²) in [5.41, 5.74) is 1.32. The van der Waals surface area contributed by atoms with Crippen LogP contribution in [0.3, 0.4) is 0 Å². The maximum absolute atomic E-state index is 12.1. The molecule has 0 saturated heterocycles. The molecule has 2 aromatic rings. The Morgan fingerprint density at radius 1 is 1.38 bits per heavy atom. The number of hydrogen-bond donors (Lipinski definition) is 2. The number of hydrogen-bond acceptors (Lipinski definition) is 5. The number of carbonyl (C=O) groups excluding carboxylic acids is 1. The number of unbranched alkanes of at least 4 members (excludes halogenated alkanes) is 2. The average molecular weight is 307 g/mol. The number of aromatic amines is 1. The van der Waals surface area contributed by atoms with Crippen LogP contribution in [0.2, 0.25) is 0 Å². The molecule has 2 heterocycles. The maximum atomic E-state index is 12.1. The molecule has 0 fully saturated rings. The van der Waals surface area contributed by atoms with Crippen LogP contribution in [0.4, 0.5) is 5.13 Å². The Kier molecular flexibility index (Phi) is 5.44. The van der Waals surface area contributed by atoms with Gasteiger partial charge in [0.2, 0.25) is 5.13 Å². The maximum Gasteiger partial charge on any atom is 0.277 e. The summed E-state index contributed by atoms with van der Waals surface area (Å²) in [6.07, 6.45) is 4.39. The fourth-order valence-corrected chi connectivity index (χ4v) is 2.62. The normalized spacial score (nSPS) is 11.0. The fourth-order valence-electron chi connectivity index (χ4n) is 1.84. The molecule has 2 N–H and O–H groups in total. The molecular weight excluding hydrogens is 286 g/mol. The zero-order valence-electron chi connectivity index (χ0n) is 12.6. The van der Waals surface area contributed by atoms with E-state index in [1.54, 1.807) is 6.07 Å². The van der Waals surface area contributed by atoms with Crippen LogP contribution in [0.5, 0.6) is 0 Å². The van der Waals surface area contributed by atoms with Crippen molar-refractivity contribution in [2.75, 3.05) is 5.32 Å². The molecule has 0 spiro atoms. The highest BCUT2D eigenvalue weighted by atomic mass is 32.1. The third-order valence-electron chi connectivity index (χ3n) is 3.13. The van der Waals surface area contributed by atoms with Crippen LogP contribution >= 0.6 is 11.3 Å². The number of rotatable bonds is 7. The van der Waals surface area contributed by atoms with Crippen molar-refractivity contribution in [2.45, 2.75) is 52.4 Å². The van der Waals surface area contributed by atoms with E-state index in [0.717, 1.165) is 23.5 Å². The quantitative estimate of drug-likeness (QED) is 0.768. The van der Waals surface area contributed by atoms with Gasteiger partial charge in [0.15, 0.2) is 5.69 Å². The van der Waals surface area contributed by atoms with Crippen LogP contribution in [0.25, 0.3) is 0 Å². The van der Waals surface area contributed by atoms with Gasteiger partial charge in [0.1, 0.15) is 5.01 Å². The van der Waals surface area contributed by atoms with Crippen LogP contribution in [0.1, 0.15) is 67.1 Å². The number of aryl methyl sites for hydroxylation is 1. The standard InChI is InChI=1S/C14H21N5OS/c1-4-5-6-7-12-18-19-14(21-12)15-13(20)11-8-10(9(2)3)16-17-11/h8-9H,4-7H2,1-3H3,(H,16,17)(H,15,19,20). The first-order valence-electron chi connectivity index (χ1n) is 7.29. The van der Waals surface area contributed by atoms with Gasteiger partial charge in [-0.2, -0.15) is 5.10 Å². The van der Waals surface area contributed by atoms with Gasteiger partial charge in [-0.05, 0) is 18.4 Å². The number of H-pyrrole nitrogens is 1. The second kappa shape index (κ2) is 7.31. The molecule has 0 saturated carbocycles. The van der Waals surface area contributed by atoms with Crippen molar-refractivity contribution in [3.05, 3.63) is 22.5 Å². The van der Waals surface area contributed by atoms with Crippen LogP contribution in [0.15, 0.2) is 6.07 Å². The Morgan fingerprint density at radius 2 is 2.19 bits per heavy atom. The summed E-state index contributed by atoms with van der Waals surface area (Å²) in [7, 11) is 0. The number of carbonyl (C=O) groups is 1. The highest BCUT2D eigenvalue weighted by molar-refractivity contribution is 7.15. The molecular formula is C14H21N5OS. The first kappa shape index (κ1) is 15.6. The predicted molar refractivity (Wildman–Crippen MR) is 83.8 cm³/mol. The summed E-state index contributed by atoms with van der Waals surface area (Å²) in [6.45, 7) is 6.26. The van der Waals surface area contributed by atoms with E-state index in [-0.39, 0.29) is 5.91 Å². The third-order valence-corrected chi connectivity index (χ3v) is 4.03. The smallest absolute Gasteiger partial charge is 0.277 e. The minimum atomic E-state index is -0.255. The molecule has 1 amide bonds. The lowest BCUT2D eigenvalue weighted by molar-refractivity contribution is 0.102. The first-order chi connectivity index (χ1) is 10.1. The van der Waals surface area contributed by atoms with Gasteiger partial charge in [-0.25, -0.2) is 0 Å². The zero-order valence-corrected chi connectivity index (χ0v) is 13.5. The molecule has 0 atom stereocenters. The second-order valence-corrected chi connectivity index (χ2v) is 6.34. The topological polar surface area (TPSA) is 83.6 Å². The van der Waals surface area contributed by atoms with Crippen LogP contribution in [-0.2, 0) is 6.42 Å². The Morgan fingerprint density at radius 3 is 2.86 bits per heavy atom. The van der Waals surface area contributed by atoms with E-state index in [2.05, 4.69) is 32.6 Å². The molecule has 2 rings (SSSR count). The van der Waals surface area contributed by atoms with Crippen molar-refractivity contribution in [1.29, 1.82) is 0 Å². The second-order valence-electron chi connectivity index (χ2n) is 5.28. The van der Waals surface area contributed by atoms with E-state index in [4.69, 9.17) is 0 Å². The van der Waals surface area contributed by atoms with Crippen molar-refractivity contribution in [2.24, 2.45) is 0 Å². The van der Waals surface area contributed by atoms with E-state index >= 15 is 0 Å². The monoisotopic (exact) mass is 307 g/mol. The van der Waals surface area contributed by atoms with Gasteiger partial charge in [-0.15, -0.1) is 10.2 Å². The Bertz CT molecular complexity index is 590. The van der Waals surface area contributed by atoms with Gasteiger partial charge in [0.25, 0.3) is 5.91 Å². The van der Waals surface area contributed by atoms with Gasteiger partial charge >= 0.3 is 0 Å². The Balaban J connectivity index is 1.92. The van der Waals surface area contributed by atoms with Crippen molar-refractivity contribution >= 4 is 22.4 Å². The highest BCUT2D eigenvalue weighted by Gasteiger charge is 2.14. The largest absolute Gasteiger partial charge is 0.295 e. The summed E-state index contributed by atoms with van der Waals surface area (Å²) in [5.74, 6) is 0.0557. The Labute approximate surface area is 128 Å². The molecule has 7 heteroatoms. The zero-order chi connectivity index (χ0) is 15.2. The van der Waals surface area contributed by atoms with E-state index in [1.165, 1.54) is 24.2 Å². The van der Waals surface area contributed by atoms with Crippen molar-refractivity contribution in [3.63, 3.8) is 0 Å². The number of amides is 1. The van der Waals surface area contributed by atoms with E-state index in [9.17, 15) is 4.79 Å². The van der Waals surface area contributed by atoms with Crippen molar-refractivity contribution in [1.82, 2.24) is 20.4 Å². The van der Waals surface area contributed by atoms with Gasteiger partial charge in [0, 0.05) is 12.1 Å². The lowest BCUT2D eigenvalue weighted by Crippen LogP contribution is -2.12. The van der Waals surface area contributed by atoms with E-state index in [1.807, 2.05) is 13.8 Å². The van der Waals surface area contributed by atoms with Gasteiger partial charge in [-0.3, -0.25) is 15.2 Å². The van der Waals surface area contributed by atoms with E-state index < -0.39 is 0 Å². The summed E-state index contributed by atoms with van der Waals surface area (Å²) in [5, 5.41) is 19.2. The molecule has 0 aliphatic carbocycles. The minimum Gasteiger partial charge on any atom is -0.295 e. The van der Waals surface area contributed by atoms with Crippen LogP contribution in [-0.4, -0.2) is 26.3 Å².